The fourth-order valence-electron chi connectivity index (χ4n) is 3.13. The van der Waals surface area contributed by atoms with Crippen LogP contribution in [-0.2, 0) is 4.79 Å². The van der Waals surface area contributed by atoms with Gasteiger partial charge in [-0.2, -0.15) is 0 Å². The van der Waals surface area contributed by atoms with E-state index in [9.17, 15) is 13.6 Å². The van der Waals surface area contributed by atoms with Crippen molar-refractivity contribution >= 4 is 29.6 Å². The molecule has 1 aliphatic rings. The third kappa shape index (κ3) is 4.64. The summed E-state index contributed by atoms with van der Waals surface area (Å²) in [6, 6.07) is 4.54. The second-order valence-electron chi connectivity index (χ2n) is 5.99. The highest BCUT2D eigenvalue weighted by molar-refractivity contribution is 6.31. The summed E-state index contributed by atoms with van der Waals surface area (Å²) in [6.45, 7) is 2.40. The third-order valence-corrected chi connectivity index (χ3v) is 5.07. The Balaban J connectivity index is 2.40. The molecule has 1 saturated heterocycles. The lowest BCUT2D eigenvalue weighted by Crippen LogP contribution is -2.28. The first-order valence-electron chi connectivity index (χ1n) is 7.94. The minimum absolute atomic E-state index is 0.0335. The van der Waals surface area contributed by atoms with E-state index in [0.717, 1.165) is 5.56 Å². The molecule has 7 heteroatoms. The summed E-state index contributed by atoms with van der Waals surface area (Å²) in [5.74, 6) is 0.872. The fourth-order valence-corrected chi connectivity index (χ4v) is 3.43. The highest BCUT2D eigenvalue weighted by Crippen LogP contribution is 2.37. The molecule has 1 aliphatic heterocycles. The van der Waals surface area contributed by atoms with Crippen LogP contribution in [0.4, 0.5) is 8.78 Å². The lowest BCUT2D eigenvalue weighted by atomic mass is 9.79. The third-order valence-electron chi connectivity index (χ3n) is 4.41. The van der Waals surface area contributed by atoms with Crippen LogP contribution in [0, 0.1) is 30.0 Å². The number of halogens is 4. The number of rotatable bonds is 6. The average molecular weight is 399 g/mol. The lowest BCUT2D eigenvalue weighted by Gasteiger charge is -2.26. The Morgan fingerprint density at radius 1 is 1.50 bits per heavy atom. The van der Waals surface area contributed by atoms with E-state index in [1.165, 1.54) is 19.1 Å². The van der Waals surface area contributed by atoms with Gasteiger partial charge in [-0.1, -0.05) is 35.2 Å². The van der Waals surface area contributed by atoms with Crippen LogP contribution in [0.3, 0.4) is 0 Å². The summed E-state index contributed by atoms with van der Waals surface area (Å²) in [6.07, 6.45) is 7.51. The van der Waals surface area contributed by atoms with Gasteiger partial charge in [0.1, 0.15) is 11.6 Å². The predicted molar refractivity (Wildman–Crippen MR) is 99.8 cm³/mol. The zero-order valence-corrected chi connectivity index (χ0v) is 15.5. The summed E-state index contributed by atoms with van der Waals surface area (Å²) in [7, 11) is 0. The normalized spacial score (nSPS) is 22.4. The first-order chi connectivity index (χ1) is 12.4. The molecular weight excluding hydrogens is 381 g/mol. The number of nitrogens with one attached hydrogen (secondary N) is 2. The van der Waals surface area contributed by atoms with Gasteiger partial charge in [-0.3, -0.25) is 4.79 Å². The summed E-state index contributed by atoms with van der Waals surface area (Å²) < 4.78 is 26.8. The minimum atomic E-state index is -0.584. The van der Waals surface area contributed by atoms with Crippen LogP contribution in [0.2, 0.25) is 5.02 Å². The van der Waals surface area contributed by atoms with Crippen molar-refractivity contribution in [3.05, 3.63) is 57.2 Å². The number of terminal acetylenes is 1. The van der Waals surface area contributed by atoms with Crippen LogP contribution in [-0.4, -0.2) is 19.5 Å². The molecule has 3 atom stereocenters. The predicted octanol–water partition coefficient (Wildman–Crippen LogP) is 4.10. The Hall–Kier alpha value is -1.87. The van der Waals surface area contributed by atoms with Crippen LogP contribution in [0.25, 0.3) is 0 Å². The van der Waals surface area contributed by atoms with Crippen molar-refractivity contribution in [1.82, 2.24) is 10.6 Å². The van der Waals surface area contributed by atoms with Crippen molar-refractivity contribution < 1.29 is 13.6 Å². The van der Waals surface area contributed by atoms with Crippen molar-refractivity contribution in [3.63, 3.8) is 0 Å². The smallest absolute Gasteiger partial charge is 0.211 e. The topological polar surface area (TPSA) is 41.1 Å². The zero-order chi connectivity index (χ0) is 19.3. The Morgan fingerprint density at radius 2 is 2.23 bits per heavy atom. The van der Waals surface area contributed by atoms with Gasteiger partial charge in [-0.05, 0) is 36.6 Å². The van der Waals surface area contributed by atoms with Crippen molar-refractivity contribution in [2.24, 2.45) is 11.8 Å². The van der Waals surface area contributed by atoms with Crippen molar-refractivity contribution in [2.45, 2.75) is 12.8 Å². The highest BCUT2D eigenvalue weighted by atomic mass is 35.5. The van der Waals surface area contributed by atoms with E-state index in [-0.39, 0.29) is 21.9 Å². The quantitative estimate of drug-likeness (QED) is 0.430. The summed E-state index contributed by atoms with van der Waals surface area (Å²) in [4.78, 5) is 11.0. The number of hydrogen-bond acceptors (Lipinski definition) is 2. The van der Waals surface area contributed by atoms with Crippen molar-refractivity contribution in [1.29, 1.82) is 0 Å². The highest BCUT2D eigenvalue weighted by Gasteiger charge is 2.36. The first kappa shape index (κ1) is 20.4. The summed E-state index contributed by atoms with van der Waals surface area (Å²) >= 11 is 11.8. The van der Waals surface area contributed by atoms with E-state index in [0.29, 0.717) is 25.2 Å². The maximum Gasteiger partial charge on any atom is 0.211 e. The molecule has 2 unspecified atom stereocenters. The molecule has 1 aromatic rings. The van der Waals surface area contributed by atoms with Gasteiger partial charge in [-0.25, -0.2) is 8.78 Å². The van der Waals surface area contributed by atoms with Crippen LogP contribution < -0.4 is 10.6 Å². The monoisotopic (exact) mass is 398 g/mol. The summed E-state index contributed by atoms with van der Waals surface area (Å²) in [5.41, 5.74) is 1.16. The second-order valence-corrected chi connectivity index (χ2v) is 6.80. The van der Waals surface area contributed by atoms with Crippen LogP contribution in [0.15, 0.2) is 40.8 Å². The molecule has 0 aromatic heterocycles. The van der Waals surface area contributed by atoms with Gasteiger partial charge in [-0.15, -0.1) is 6.42 Å². The van der Waals surface area contributed by atoms with Gasteiger partial charge in [0.2, 0.25) is 6.41 Å². The molecule has 0 saturated carbocycles. The number of hydrogen-bond donors (Lipinski definition) is 2. The lowest BCUT2D eigenvalue weighted by molar-refractivity contribution is -0.109. The number of carbonyl (C=O) groups excluding carboxylic acids is 1. The molecular formula is C19H18Cl2F2N2O. The Labute approximate surface area is 161 Å². The zero-order valence-electron chi connectivity index (χ0n) is 14.0. The van der Waals surface area contributed by atoms with Crippen LogP contribution in [0.1, 0.15) is 18.4 Å². The molecule has 0 spiro atoms. The van der Waals surface area contributed by atoms with Gasteiger partial charge >= 0.3 is 0 Å². The van der Waals surface area contributed by atoms with E-state index in [1.54, 1.807) is 12.1 Å². The van der Waals surface area contributed by atoms with Crippen molar-refractivity contribution in [3.8, 4) is 12.3 Å². The molecule has 1 heterocycles. The summed E-state index contributed by atoms with van der Waals surface area (Å²) in [5, 5.41) is 5.67. The Kier molecular flexibility index (Phi) is 7.22. The molecule has 0 aliphatic carbocycles. The standard InChI is InChI=1S/C19H18Cl2F2N2O/c1-3-13(19(25-10-26)7-16(20)11(2)22)15-9-24-8-14(15)12-4-5-18(23)17(21)6-12/h1,4-7,10,13-15,24H,8-9H2,2H3,(H,25,26)/b16-11-,19-7+/t13?,14-,15?/m1/s1. The average Bonchev–Trinajstić information content (AvgIpc) is 3.07. The minimum Gasteiger partial charge on any atom is -0.331 e. The number of amides is 1. The van der Waals surface area contributed by atoms with Gasteiger partial charge in [0.05, 0.1) is 16.0 Å². The molecule has 0 radical (unpaired) electrons. The van der Waals surface area contributed by atoms with Crippen LogP contribution in [0.5, 0.6) is 0 Å². The van der Waals surface area contributed by atoms with E-state index < -0.39 is 17.6 Å². The molecule has 3 nitrogen and oxygen atoms in total. The number of benzene rings is 1. The van der Waals surface area contributed by atoms with E-state index in [1.807, 2.05) is 0 Å². The van der Waals surface area contributed by atoms with E-state index in [2.05, 4.69) is 16.6 Å². The molecule has 2 N–H and O–H groups in total. The molecule has 1 amide bonds. The maximum atomic E-state index is 13.5. The molecule has 0 bridgehead atoms. The van der Waals surface area contributed by atoms with Gasteiger partial charge in [0.15, 0.2) is 0 Å². The second kappa shape index (κ2) is 9.18. The number of carbonyl (C=O) groups is 1. The van der Waals surface area contributed by atoms with Crippen LogP contribution >= 0.6 is 23.2 Å². The molecule has 1 aromatic carbocycles. The molecule has 26 heavy (non-hydrogen) atoms. The Bertz CT molecular complexity index is 782. The molecule has 1 fully saturated rings. The largest absolute Gasteiger partial charge is 0.331 e. The Morgan fingerprint density at radius 3 is 2.81 bits per heavy atom. The fraction of sp³-hybridized carbons (Fsp3) is 0.316. The van der Waals surface area contributed by atoms with Gasteiger partial charge in [0.25, 0.3) is 0 Å². The van der Waals surface area contributed by atoms with Gasteiger partial charge < -0.3 is 10.6 Å². The number of allylic oxidation sites excluding steroid dienone is 4. The van der Waals surface area contributed by atoms with Crippen molar-refractivity contribution in [2.75, 3.05) is 13.1 Å². The molecule has 138 valence electrons. The van der Waals surface area contributed by atoms with E-state index in [4.69, 9.17) is 29.6 Å². The SMILES string of the molecule is C#CC(/C(=C\C(Cl)=C(/C)F)NC=O)C1CNC[C@@H]1c1ccc(F)c(Cl)c1. The van der Waals surface area contributed by atoms with Gasteiger partial charge in [0, 0.05) is 24.7 Å². The maximum absolute atomic E-state index is 13.5. The first-order valence-corrected chi connectivity index (χ1v) is 8.70. The molecule has 2 rings (SSSR count). The van der Waals surface area contributed by atoms with E-state index >= 15 is 0 Å².